The van der Waals surface area contributed by atoms with Crippen molar-refractivity contribution in [1.29, 1.82) is 0 Å². The quantitative estimate of drug-likeness (QED) is 0.834. The zero-order valence-corrected chi connectivity index (χ0v) is 17.9. The summed E-state index contributed by atoms with van der Waals surface area (Å²) < 4.78 is 0. The molecule has 4 rings (SSSR count). The molecule has 158 valence electrons. The Labute approximate surface area is 177 Å². The van der Waals surface area contributed by atoms with Gasteiger partial charge in [-0.2, -0.15) is 0 Å². The number of Topliss-reactive ketones (excluding diaryl/α,β-unsaturated/α-hetero) is 1. The Morgan fingerprint density at radius 3 is 2.50 bits per heavy atom. The number of H-pyrrole nitrogens is 1. The molecule has 0 atom stereocenters. The van der Waals surface area contributed by atoms with Gasteiger partial charge in [-0.05, 0) is 55.1 Å². The molecule has 1 fully saturated rings. The van der Waals surface area contributed by atoms with Gasteiger partial charge in [-0.1, -0.05) is 44.2 Å². The number of carbonyl (C=O) groups is 2. The zero-order valence-electron chi connectivity index (χ0n) is 17.9. The van der Waals surface area contributed by atoms with Crippen LogP contribution in [-0.4, -0.2) is 34.7 Å². The van der Waals surface area contributed by atoms with Gasteiger partial charge in [0.05, 0.1) is 0 Å². The van der Waals surface area contributed by atoms with Crippen LogP contribution >= 0.6 is 0 Å². The minimum atomic E-state index is -0.379. The van der Waals surface area contributed by atoms with Gasteiger partial charge in [0.2, 0.25) is 0 Å². The third-order valence-corrected chi connectivity index (χ3v) is 6.53. The average molecular weight is 407 g/mol. The van der Waals surface area contributed by atoms with Crippen LogP contribution in [0.3, 0.4) is 0 Å². The van der Waals surface area contributed by atoms with Gasteiger partial charge in [0.1, 0.15) is 5.56 Å². The van der Waals surface area contributed by atoms with Crippen LogP contribution in [-0.2, 0) is 12.8 Å². The Kier molecular flexibility index (Phi) is 5.63. The molecule has 1 amide bonds. The van der Waals surface area contributed by atoms with E-state index in [0.717, 1.165) is 25.7 Å². The SMILES string of the molecule is CC1(C)CC(=O)c2cc(C(=O)N3CCC(CCc4ccccc4)CC3)c(=O)[nH]c2C1. The standard InChI is InChI=1S/C25H30N2O3/c1-25(2)15-21-19(22(28)16-25)14-20(23(29)26-21)24(30)27-12-10-18(11-13-27)9-8-17-6-4-3-5-7-17/h3-7,14,18H,8-13,15-16H2,1-2H3,(H,26,29). The van der Waals surface area contributed by atoms with Gasteiger partial charge in [0.25, 0.3) is 11.5 Å². The molecule has 2 aliphatic rings. The molecule has 5 heteroatoms. The van der Waals surface area contributed by atoms with Crippen LogP contribution in [0.4, 0.5) is 0 Å². The van der Waals surface area contributed by atoms with Crippen molar-refractivity contribution >= 4 is 11.7 Å². The van der Waals surface area contributed by atoms with Crippen molar-refractivity contribution in [3.05, 3.63) is 69.1 Å². The van der Waals surface area contributed by atoms with Gasteiger partial charge in [0, 0.05) is 30.8 Å². The third kappa shape index (κ3) is 4.40. The van der Waals surface area contributed by atoms with Crippen molar-refractivity contribution in [3.8, 4) is 0 Å². The van der Waals surface area contributed by atoms with Gasteiger partial charge in [-0.25, -0.2) is 0 Å². The van der Waals surface area contributed by atoms with E-state index in [4.69, 9.17) is 0 Å². The lowest BCUT2D eigenvalue weighted by molar-refractivity contribution is 0.0685. The van der Waals surface area contributed by atoms with Crippen molar-refractivity contribution in [2.24, 2.45) is 11.3 Å². The number of amides is 1. The monoisotopic (exact) mass is 406 g/mol. The van der Waals surface area contributed by atoms with Crippen LogP contribution in [0.25, 0.3) is 0 Å². The Balaban J connectivity index is 1.40. The molecule has 1 N–H and O–H groups in total. The number of hydrogen-bond donors (Lipinski definition) is 1. The molecular weight excluding hydrogens is 376 g/mol. The Morgan fingerprint density at radius 1 is 1.10 bits per heavy atom. The molecule has 0 radical (unpaired) electrons. The molecule has 1 aliphatic heterocycles. The summed E-state index contributed by atoms with van der Waals surface area (Å²) in [6.45, 7) is 5.37. The highest BCUT2D eigenvalue weighted by molar-refractivity contribution is 6.02. The number of nitrogens with zero attached hydrogens (tertiary/aromatic N) is 1. The molecule has 2 heterocycles. The van der Waals surface area contributed by atoms with E-state index in [1.54, 1.807) is 4.90 Å². The number of aryl methyl sites for hydroxylation is 1. The molecule has 0 bridgehead atoms. The molecule has 5 nitrogen and oxygen atoms in total. The minimum Gasteiger partial charge on any atom is -0.338 e. The first-order valence-corrected chi connectivity index (χ1v) is 10.9. The third-order valence-electron chi connectivity index (χ3n) is 6.53. The first-order valence-electron chi connectivity index (χ1n) is 10.9. The smallest absolute Gasteiger partial charge is 0.261 e. The van der Waals surface area contributed by atoms with Crippen LogP contribution in [0.2, 0.25) is 0 Å². The Hall–Kier alpha value is -2.69. The minimum absolute atomic E-state index is 0.00571. The van der Waals surface area contributed by atoms with E-state index in [0.29, 0.717) is 43.1 Å². The number of nitrogens with one attached hydrogen (secondary N) is 1. The molecule has 2 aromatic rings. The number of piperidine rings is 1. The van der Waals surface area contributed by atoms with Crippen LogP contribution in [0.15, 0.2) is 41.2 Å². The fraction of sp³-hybridized carbons (Fsp3) is 0.480. The van der Waals surface area contributed by atoms with Crippen LogP contribution in [0, 0.1) is 11.3 Å². The second-order valence-electron chi connectivity index (χ2n) is 9.61. The highest BCUT2D eigenvalue weighted by Gasteiger charge is 2.33. The number of likely N-dealkylation sites (tertiary alicyclic amines) is 1. The van der Waals surface area contributed by atoms with E-state index in [1.165, 1.54) is 11.6 Å². The predicted molar refractivity (Wildman–Crippen MR) is 117 cm³/mol. The Bertz CT molecular complexity index is 999. The van der Waals surface area contributed by atoms with Gasteiger partial charge in [-0.15, -0.1) is 0 Å². The summed E-state index contributed by atoms with van der Waals surface area (Å²) in [7, 11) is 0. The lowest BCUT2D eigenvalue weighted by atomic mass is 9.75. The fourth-order valence-corrected chi connectivity index (χ4v) is 4.80. The number of aromatic amines is 1. The second-order valence-corrected chi connectivity index (χ2v) is 9.61. The van der Waals surface area contributed by atoms with Crippen molar-refractivity contribution in [3.63, 3.8) is 0 Å². The number of aromatic nitrogens is 1. The molecule has 1 saturated heterocycles. The fourth-order valence-electron chi connectivity index (χ4n) is 4.80. The number of benzene rings is 1. The highest BCUT2D eigenvalue weighted by Crippen LogP contribution is 2.33. The van der Waals surface area contributed by atoms with E-state index in [1.807, 2.05) is 19.9 Å². The summed E-state index contributed by atoms with van der Waals surface area (Å²) in [5.74, 6) is 0.351. The van der Waals surface area contributed by atoms with Crippen molar-refractivity contribution in [1.82, 2.24) is 9.88 Å². The van der Waals surface area contributed by atoms with Crippen LogP contribution in [0.5, 0.6) is 0 Å². The van der Waals surface area contributed by atoms with Crippen molar-refractivity contribution < 1.29 is 9.59 Å². The predicted octanol–water partition coefficient (Wildman–Crippen LogP) is 4.02. The molecular formula is C25H30N2O3. The van der Waals surface area contributed by atoms with Crippen LogP contribution < -0.4 is 5.56 Å². The Morgan fingerprint density at radius 2 is 1.80 bits per heavy atom. The molecule has 1 aliphatic carbocycles. The number of carbonyl (C=O) groups excluding carboxylic acids is 2. The van der Waals surface area contributed by atoms with Crippen molar-refractivity contribution in [2.75, 3.05) is 13.1 Å². The van der Waals surface area contributed by atoms with E-state index in [2.05, 4.69) is 29.2 Å². The lowest BCUT2D eigenvalue weighted by Gasteiger charge is -2.33. The second kappa shape index (κ2) is 8.21. The number of pyridine rings is 1. The summed E-state index contributed by atoms with van der Waals surface area (Å²) >= 11 is 0. The summed E-state index contributed by atoms with van der Waals surface area (Å²) in [5.41, 5.74) is 2.08. The molecule has 30 heavy (non-hydrogen) atoms. The number of ketones is 1. The van der Waals surface area contributed by atoms with Gasteiger partial charge in [0.15, 0.2) is 5.78 Å². The lowest BCUT2D eigenvalue weighted by Crippen LogP contribution is -2.41. The van der Waals surface area contributed by atoms with Crippen molar-refractivity contribution in [2.45, 2.75) is 52.4 Å². The summed E-state index contributed by atoms with van der Waals surface area (Å²) in [5, 5.41) is 0. The van der Waals surface area contributed by atoms with E-state index in [9.17, 15) is 14.4 Å². The maximum absolute atomic E-state index is 13.0. The molecule has 0 spiro atoms. The summed E-state index contributed by atoms with van der Waals surface area (Å²) in [4.78, 5) is 42.8. The van der Waals surface area contributed by atoms with E-state index < -0.39 is 0 Å². The first kappa shape index (κ1) is 20.6. The van der Waals surface area contributed by atoms with Gasteiger partial charge < -0.3 is 9.88 Å². The number of hydrogen-bond acceptors (Lipinski definition) is 3. The van der Waals surface area contributed by atoms with Gasteiger partial charge >= 0.3 is 0 Å². The van der Waals surface area contributed by atoms with Crippen LogP contribution in [0.1, 0.15) is 71.5 Å². The molecule has 0 unspecified atom stereocenters. The average Bonchev–Trinajstić information content (AvgIpc) is 2.71. The highest BCUT2D eigenvalue weighted by atomic mass is 16.2. The van der Waals surface area contributed by atoms with Gasteiger partial charge in [-0.3, -0.25) is 14.4 Å². The number of fused-ring (bicyclic) bond motifs is 1. The zero-order chi connectivity index (χ0) is 21.3. The molecule has 0 saturated carbocycles. The maximum Gasteiger partial charge on any atom is 0.261 e. The first-order chi connectivity index (χ1) is 14.3. The normalized spacial score (nSPS) is 18.9. The topological polar surface area (TPSA) is 70.2 Å². The summed E-state index contributed by atoms with van der Waals surface area (Å²) in [6.07, 6.45) is 5.16. The largest absolute Gasteiger partial charge is 0.338 e. The summed E-state index contributed by atoms with van der Waals surface area (Å²) in [6, 6.07) is 12.0. The molecule has 1 aromatic heterocycles. The van der Waals surface area contributed by atoms with E-state index in [-0.39, 0.29) is 28.2 Å². The van der Waals surface area contributed by atoms with E-state index >= 15 is 0 Å². The number of rotatable bonds is 4. The maximum atomic E-state index is 13.0. The molecule has 1 aromatic carbocycles.